The third kappa shape index (κ3) is 7.97. The molecule has 1 nitrogen and oxygen atoms in total. The van der Waals surface area contributed by atoms with Gasteiger partial charge in [0.1, 0.15) is 5.75 Å². The topological polar surface area (TPSA) is 20.2 Å². The summed E-state index contributed by atoms with van der Waals surface area (Å²) in [5.41, 5.74) is 5.03. The van der Waals surface area contributed by atoms with Crippen molar-refractivity contribution < 1.29 is 22.1 Å². The zero-order chi connectivity index (χ0) is 20.8. The SMILES string of the molecule is Cc1cc(Pc2c(C)cccc2C[PH+](C)C)c(O)c(C(C)(C)C)c1.[Cl][Ti][Cl]. The Bertz CT molecular complexity index is 759. The first kappa shape index (κ1) is 25.4. The molecule has 0 aromatic heterocycles. The minimum atomic E-state index is -0.556. The fraction of sp³-hybridized carbons (Fsp3) is 0.429. The van der Waals surface area contributed by atoms with Crippen molar-refractivity contribution in [3.8, 4) is 5.75 Å². The van der Waals surface area contributed by atoms with E-state index in [0.29, 0.717) is 14.3 Å². The van der Waals surface area contributed by atoms with Gasteiger partial charge in [-0.05, 0) is 55.2 Å². The molecule has 1 unspecified atom stereocenters. The summed E-state index contributed by atoms with van der Waals surface area (Å²) in [5, 5.41) is 13.4. The maximum absolute atomic E-state index is 10.9. The van der Waals surface area contributed by atoms with Crippen molar-refractivity contribution in [2.24, 2.45) is 0 Å². The zero-order valence-electron chi connectivity index (χ0n) is 17.3. The maximum atomic E-state index is 10.9. The summed E-state index contributed by atoms with van der Waals surface area (Å²) in [5.74, 6) is 0.485. The summed E-state index contributed by atoms with van der Waals surface area (Å²) in [4.78, 5) is 0. The molecule has 0 saturated heterocycles. The van der Waals surface area contributed by atoms with Gasteiger partial charge < -0.3 is 5.11 Å². The molecule has 0 amide bonds. The van der Waals surface area contributed by atoms with E-state index in [9.17, 15) is 5.11 Å². The zero-order valence-corrected chi connectivity index (χ0v) is 22.4. The molecule has 148 valence electrons. The predicted molar refractivity (Wildman–Crippen MR) is 126 cm³/mol. The molecule has 0 aliphatic heterocycles. The fourth-order valence-corrected chi connectivity index (χ4v) is 5.68. The van der Waals surface area contributed by atoms with Gasteiger partial charge in [0.2, 0.25) is 0 Å². The standard InChI is InChI=1S/C21H30OP2.2ClH.Ti/c1-14-11-17(21(3,4)5)19(22)18(12-14)23-20-15(2)9-8-10-16(20)13-24(6)7;;;/h8-12,22-23H,13H2,1-7H3;2*1H;/q;;;+2/p-1. The van der Waals surface area contributed by atoms with Crippen LogP contribution in [0.4, 0.5) is 0 Å². The summed E-state index contributed by atoms with van der Waals surface area (Å²) in [6, 6.07) is 10.9. The van der Waals surface area contributed by atoms with E-state index in [-0.39, 0.29) is 13.3 Å². The average molecular weight is 480 g/mol. The van der Waals surface area contributed by atoms with E-state index in [1.807, 2.05) is 0 Å². The van der Waals surface area contributed by atoms with E-state index in [2.05, 4.69) is 78.3 Å². The normalized spacial score (nSPS) is 11.6. The number of benzene rings is 2. The number of aryl methyl sites for hydroxylation is 2. The van der Waals surface area contributed by atoms with Gasteiger partial charge in [0.15, 0.2) is 0 Å². The Morgan fingerprint density at radius 3 is 2.22 bits per heavy atom. The van der Waals surface area contributed by atoms with Crippen LogP contribution < -0.4 is 10.6 Å². The second-order valence-electron chi connectivity index (χ2n) is 8.15. The number of halogens is 2. The van der Waals surface area contributed by atoms with Crippen LogP contribution in [0.15, 0.2) is 30.3 Å². The van der Waals surface area contributed by atoms with Crippen LogP contribution in [0.25, 0.3) is 0 Å². The van der Waals surface area contributed by atoms with Gasteiger partial charge in [-0.1, -0.05) is 53.6 Å². The molecule has 0 bridgehead atoms. The van der Waals surface area contributed by atoms with E-state index >= 15 is 0 Å². The van der Waals surface area contributed by atoms with Crippen LogP contribution >= 0.6 is 35.1 Å². The van der Waals surface area contributed by atoms with E-state index in [0.717, 1.165) is 10.9 Å². The van der Waals surface area contributed by atoms with Crippen molar-refractivity contribution in [1.29, 1.82) is 0 Å². The quantitative estimate of drug-likeness (QED) is 0.403. The molecule has 0 radical (unpaired) electrons. The molecule has 0 heterocycles. The molecule has 1 atom stereocenters. The van der Waals surface area contributed by atoms with Crippen molar-refractivity contribution >= 4 is 45.7 Å². The van der Waals surface area contributed by atoms with Crippen LogP contribution in [0.2, 0.25) is 0 Å². The second kappa shape index (κ2) is 11.5. The van der Waals surface area contributed by atoms with Gasteiger partial charge in [0.25, 0.3) is 0 Å². The number of hydrogen-bond donors (Lipinski definition) is 1. The Hall–Kier alpha value is 0.394. The molecule has 0 aliphatic rings. The first-order valence-corrected chi connectivity index (χ1v) is 17.0. The Morgan fingerprint density at radius 1 is 1.11 bits per heavy atom. The molecular weight excluding hydrogens is 449 g/mol. The average Bonchev–Trinajstić information content (AvgIpc) is 2.52. The molecule has 0 aliphatic carbocycles. The summed E-state index contributed by atoms with van der Waals surface area (Å²) in [6.07, 6.45) is 1.19. The molecule has 6 heteroatoms. The van der Waals surface area contributed by atoms with Gasteiger partial charge in [-0.15, -0.1) is 0 Å². The summed E-state index contributed by atoms with van der Waals surface area (Å²) in [6.45, 7) is 15.5. The molecule has 0 fully saturated rings. The van der Waals surface area contributed by atoms with Crippen molar-refractivity contribution in [3.05, 3.63) is 52.6 Å². The monoisotopic (exact) mass is 479 g/mol. The van der Waals surface area contributed by atoms with E-state index < -0.39 is 17.0 Å². The molecule has 1 N–H and O–H groups in total. The first-order chi connectivity index (χ1) is 12.5. The first-order valence-electron chi connectivity index (χ1n) is 8.96. The Labute approximate surface area is 184 Å². The molecule has 2 aromatic rings. The molecule has 2 rings (SSSR count). The van der Waals surface area contributed by atoms with Gasteiger partial charge in [-0.25, -0.2) is 0 Å². The van der Waals surface area contributed by atoms with Crippen LogP contribution in [0.5, 0.6) is 5.75 Å². The fourth-order valence-electron chi connectivity index (χ4n) is 3.02. The second-order valence-corrected chi connectivity index (χ2v) is 14.8. The van der Waals surface area contributed by atoms with Crippen LogP contribution in [0.1, 0.15) is 43.0 Å². The van der Waals surface area contributed by atoms with E-state index in [4.69, 9.17) is 18.6 Å². The van der Waals surface area contributed by atoms with Crippen LogP contribution in [-0.2, 0) is 28.6 Å². The predicted octanol–water partition coefficient (Wildman–Crippen LogP) is 6.29. The third-order valence-electron chi connectivity index (χ3n) is 4.23. The van der Waals surface area contributed by atoms with Gasteiger partial charge in [0, 0.05) is 24.2 Å². The van der Waals surface area contributed by atoms with Gasteiger partial charge >= 0.3 is 35.6 Å². The molecular formula is C21H31Cl2OP2Ti+. The summed E-state index contributed by atoms with van der Waals surface area (Å²) in [7, 11) is 9.96. The van der Waals surface area contributed by atoms with Crippen molar-refractivity contribution in [2.45, 2.75) is 46.2 Å². The Balaban J connectivity index is 0.00000114. The van der Waals surface area contributed by atoms with Crippen LogP contribution in [0.3, 0.4) is 0 Å². The minimum absolute atomic E-state index is 0.0487. The van der Waals surface area contributed by atoms with Crippen molar-refractivity contribution in [2.75, 3.05) is 13.3 Å². The Kier molecular flexibility index (Phi) is 10.9. The number of rotatable bonds is 4. The third-order valence-corrected chi connectivity index (χ3v) is 6.93. The van der Waals surface area contributed by atoms with Crippen molar-refractivity contribution in [3.63, 3.8) is 0 Å². The molecule has 0 saturated carbocycles. The molecule has 2 aromatic carbocycles. The van der Waals surface area contributed by atoms with Gasteiger partial charge in [0.05, 0.1) is 6.16 Å². The molecule has 0 spiro atoms. The number of phenols is 1. The number of aromatic hydroxyl groups is 1. The van der Waals surface area contributed by atoms with E-state index in [1.54, 1.807) is 0 Å². The van der Waals surface area contributed by atoms with Gasteiger partial charge in [-0.2, -0.15) is 0 Å². The van der Waals surface area contributed by atoms with Crippen LogP contribution in [-0.4, -0.2) is 18.4 Å². The summed E-state index contributed by atoms with van der Waals surface area (Å²) < 4.78 is 0. The Morgan fingerprint density at radius 2 is 1.70 bits per heavy atom. The van der Waals surface area contributed by atoms with Crippen LogP contribution in [0, 0.1) is 13.8 Å². The van der Waals surface area contributed by atoms with Gasteiger partial charge in [-0.3, -0.25) is 0 Å². The van der Waals surface area contributed by atoms with Crippen molar-refractivity contribution in [1.82, 2.24) is 0 Å². The van der Waals surface area contributed by atoms with E-state index in [1.165, 1.54) is 28.2 Å². The number of phenolic OH excluding ortho intramolecular Hbond substituents is 1. The molecule has 27 heavy (non-hydrogen) atoms. The summed E-state index contributed by atoms with van der Waals surface area (Å²) >= 11 is -0.556. The number of hydrogen-bond acceptors (Lipinski definition) is 1.